The Labute approximate surface area is 230 Å². The third-order valence-electron chi connectivity index (χ3n) is 5.45. The molecular weight excluding hydrogens is 585 g/mol. The van der Waals surface area contributed by atoms with Crippen molar-refractivity contribution in [3.05, 3.63) is 87.0 Å². The van der Waals surface area contributed by atoms with Crippen LogP contribution >= 0.6 is 22.6 Å². The fraction of sp³-hybridized carbons (Fsp3) is 0.250. The summed E-state index contributed by atoms with van der Waals surface area (Å²) >= 11 is 2.18. The molecule has 0 aromatic heterocycles. The van der Waals surface area contributed by atoms with Crippen LogP contribution in [0.4, 0.5) is 0 Å². The summed E-state index contributed by atoms with van der Waals surface area (Å²) in [7, 11) is 3.13. The van der Waals surface area contributed by atoms with Gasteiger partial charge >= 0.3 is 0 Å². The van der Waals surface area contributed by atoms with Gasteiger partial charge in [0.2, 0.25) is 0 Å². The van der Waals surface area contributed by atoms with Crippen LogP contribution in [0.2, 0.25) is 0 Å². The molecule has 0 aliphatic heterocycles. The van der Waals surface area contributed by atoms with E-state index in [4.69, 9.17) is 14.2 Å². The first-order valence-corrected chi connectivity index (χ1v) is 12.7. The third-order valence-corrected chi connectivity index (χ3v) is 6.26. The molecule has 8 nitrogen and oxygen atoms in total. The molecule has 0 aliphatic carbocycles. The van der Waals surface area contributed by atoms with Crippen LogP contribution in [-0.2, 0) is 11.4 Å². The molecule has 0 saturated heterocycles. The van der Waals surface area contributed by atoms with Crippen molar-refractivity contribution in [1.82, 2.24) is 10.7 Å². The Hall–Kier alpha value is -3.60. The van der Waals surface area contributed by atoms with Gasteiger partial charge in [0.15, 0.2) is 11.5 Å². The minimum absolute atomic E-state index is 0.153. The van der Waals surface area contributed by atoms with E-state index in [1.165, 1.54) is 6.21 Å². The Kier molecular flexibility index (Phi) is 10.3. The normalized spacial score (nSPS) is 11.7. The van der Waals surface area contributed by atoms with Crippen LogP contribution in [0.3, 0.4) is 0 Å². The van der Waals surface area contributed by atoms with Crippen LogP contribution in [-0.4, -0.2) is 38.3 Å². The molecule has 3 rings (SSSR count). The minimum Gasteiger partial charge on any atom is -0.497 e. The molecule has 0 saturated carbocycles. The van der Waals surface area contributed by atoms with Crippen LogP contribution in [0.25, 0.3) is 0 Å². The van der Waals surface area contributed by atoms with E-state index in [-0.39, 0.29) is 11.8 Å². The van der Waals surface area contributed by atoms with E-state index in [1.807, 2.05) is 50.2 Å². The second-order valence-corrected chi connectivity index (χ2v) is 9.63. The molecule has 0 radical (unpaired) electrons. The van der Waals surface area contributed by atoms with Gasteiger partial charge in [0, 0.05) is 5.56 Å². The predicted molar refractivity (Wildman–Crippen MR) is 151 cm³/mol. The molecule has 1 unspecified atom stereocenters. The molecule has 0 heterocycles. The second-order valence-electron chi connectivity index (χ2n) is 8.47. The van der Waals surface area contributed by atoms with E-state index in [2.05, 4.69) is 38.4 Å². The van der Waals surface area contributed by atoms with Gasteiger partial charge in [-0.15, -0.1) is 0 Å². The number of carbonyl (C=O) groups excluding carboxylic acids is 2. The van der Waals surface area contributed by atoms with Crippen LogP contribution in [0.15, 0.2) is 71.8 Å². The van der Waals surface area contributed by atoms with Gasteiger partial charge in [-0.25, -0.2) is 5.43 Å². The molecule has 37 heavy (non-hydrogen) atoms. The smallest absolute Gasteiger partial charge is 0.262 e. The van der Waals surface area contributed by atoms with E-state index in [1.54, 1.807) is 44.6 Å². The summed E-state index contributed by atoms with van der Waals surface area (Å²) in [6.45, 7) is 4.11. The molecular formula is C28H30IN3O5. The van der Waals surface area contributed by atoms with Crippen LogP contribution in [0.5, 0.6) is 17.2 Å². The maximum atomic E-state index is 12.8. The van der Waals surface area contributed by atoms with Crippen molar-refractivity contribution in [2.24, 2.45) is 11.0 Å². The maximum Gasteiger partial charge on any atom is 0.262 e. The molecule has 2 amide bonds. The van der Waals surface area contributed by atoms with Crippen molar-refractivity contribution in [2.45, 2.75) is 26.5 Å². The Bertz CT molecular complexity index is 1230. The number of hydrogen-bond acceptors (Lipinski definition) is 6. The molecule has 3 aromatic rings. The summed E-state index contributed by atoms with van der Waals surface area (Å²) in [5.41, 5.74) is 4.72. The van der Waals surface area contributed by atoms with Gasteiger partial charge in [-0.2, -0.15) is 5.10 Å². The van der Waals surface area contributed by atoms with E-state index < -0.39 is 11.9 Å². The summed E-state index contributed by atoms with van der Waals surface area (Å²) in [6, 6.07) is 19.4. The highest BCUT2D eigenvalue weighted by molar-refractivity contribution is 14.1. The first kappa shape index (κ1) is 28.0. The van der Waals surface area contributed by atoms with Crippen molar-refractivity contribution in [1.29, 1.82) is 0 Å². The predicted octanol–water partition coefficient (Wildman–Crippen LogP) is 4.79. The lowest BCUT2D eigenvalue weighted by Gasteiger charge is -2.20. The number of amides is 2. The Balaban J connectivity index is 1.64. The number of nitrogens with zero attached hydrogens (tertiary/aromatic N) is 1. The van der Waals surface area contributed by atoms with Crippen molar-refractivity contribution >= 4 is 40.6 Å². The number of carbonyl (C=O) groups is 2. The third kappa shape index (κ3) is 7.94. The highest BCUT2D eigenvalue weighted by Crippen LogP contribution is 2.34. The van der Waals surface area contributed by atoms with E-state index >= 15 is 0 Å². The van der Waals surface area contributed by atoms with Gasteiger partial charge in [-0.3, -0.25) is 9.59 Å². The van der Waals surface area contributed by atoms with Crippen molar-refractivity contribution in [3.8, 4) is 17.2 Å². The number of ether oxygens (including phenoxy) is 3. The van der Waals surface area contributed by atoms with Gasteiger partial charge in [0.1, 0.15) is 18.4 Å². The molecule has 2 N–H and O–H groups in total. The zero-order valence-electron chi connectivity index (χ0n) is 21.2. The van der Waals surface area contributed by atoms with Crippen molar-refractivity contribution in [3.63, 3.8) is 0 Å². The van der Waals surface area contributed by atoms with Gasteiger partial charge in [0.05, 0.1) is 24.0 Å². The number of halogens is 1. The van der Waals surface area contributed by atoms with Gasteiger partial charge in [-0.05, 0) is 76.0 Å². The monoisotopic (exact) mass is 615 g/mol. The summed E-state index contributed by atoms with van der Waals surface area (Å²) in [6.07, 6.45) is 1.52. The first-order chi connectivity index (χ1) is 17.8. The first-order valence-electron chi connectivity index (χ1n) is 11.6. The Morgan fingerprint density at radius 2 is 1.70 bits per heavy atom. The summed E-state index contributed by atoms with van der Waals surface area (Å²) in [5, 5.41) is 6.87. The second kappa shape index (κ2) is 13.6. The zero-order valence-corrected chi connectivity index (χ0v) is 23.3. The molecule has 9 heteroatoms. The lowest BCUT2D eigenvalue weighted by atomic mass is 10.0. The minimum atomic E-state index is -0.768. The Morgan fingerprint density at radius 1 is 1.00 bits per heavy atom. The van der Waals surface area contributed by atoms with E-state index in [9.17, 15) is 9.59 Å². The number of hydrogen-bond donors (Lipinski definition) is 2. The molecule has 0 fully saturated rings. The quantitative estimate of drug-likeness (QED) is 0.184. The van der Waals surface area contributed by atoms with Crippen molar-refractivity contribution < 1.29 is 23.8 Å². The van der Waals surface area contributed by atoms with Crippen LogP contribution < -0.4 is 25.0 Å². The topological polar surface area (TPSA) is 98.2 Å². The van der Waals surface area contributed by atoms with E-state index in [0.29, 0.717) is 29.4 Å². The van der Waals surface area contributed by atoms with Crippen LogP contribution in [0.1, 0.15) is 35.3 Å². The van der Waals surface area contributed by atoms with Gasteiger partial charge in [-0.1, -0.05) is 44.2 Å². The molecule has 1 atom stereocenters. The fourth-order valence-corrected chi connectivity index (χ4v) is 4.21. The average molecular weight is 615 g/mol. The average Bonchev–Trinajstić information content (AvgIpc) is 2.91. The lowest BCUT2D eigenvalue weighted by Crippen LogP contribution is -2.48. The lowest BCUT2D eigenvalue weighted by molar-refractivity contribution is -0.123. The highest BCUT2D eigenvalue weighted by Gasteiger charge is 2.24. The largest absolute Gasteiger partial charge is 0.497 e. The molecule has 3 aromatic carbocycles. The van der Waals surface area contributed by atoms with Gasteiger partial charge in [0.25, 0.3) is 11.8 Å². The summed E-state index contributed by atoms with van der Waals surface area (Å²) in [5.74, 6) is 0.908. The summed E-state index contributed by atoms with van der Waals surface area (Å²) in [4.78, 5) is 25.4. The van der Waals surface area contributed by atoms with Gasteiger partial charge < -0.3 is 19.5 Å². The molecule has 194 valence electrons. The number of hydrazone groups is 1. The maximum absolute atomic E-state index is 12.8. The molecule has 0 spiro atoms. The SMILES string of the molecule is COc1ccc(C(=O)NC(C(=O)NN=Cc2cc(I)c(OCc3ccccc3)c(OC)c2)C(C)C)cc1. The number of benzene rings is 3. The zero-order chi connectivity index (χ0) is 26.8. The fourth-order valence-electron chi connectivity index (χ4n) is 3.43. The number of methoxy groups -OCH3 is 2. The number of rotatable bonds is 11. The molecule has 0 bridgehead atoms. The van der Waals surface area contributed by atoms with Crippen molar-refractivity contribution in [2.75, 3.05) is 14.2 Å². The highest BCUT2D eigenvalue weighted by atomic mass is 127. The van der Waals surface area contributed by atoms with Crippen LogP contribution in [0, 0.1) is 9.49 Å². The standard InChI is InChI=1S/C28H30IN3O5/c1-18(2)25(31-27(33)21-10-12-22(35-3)13-11-21)28(34)32-30-16-20-14-23(29)26(24(15-20)36-4)37-17-19-8-6-5-7-9-19/h5-16,18,25H,17H2,1-4H3,(H,31,33)(H,32,34). The number of nitrogens with one attached hydrogen (secondary N) is 2. The molecule has 0 aliphatic rings. The summed E-state index contributed by atoms with van der Waals surface area (Å²) < 4.78 is 17.5. The van der Waals surface area contributed by atoms with E-state index in [0.717, 1.165) is 14.7 Å². The Morgan fingerprint density at radius 3 is 2.32 bits per heavy atom.